The minimum absolute atomic E-state index is 0.352. The van der Waals surface area contributed by atoms with E-state index in [9.17, 15) is 0 Å². The SMILES string of the molecule is CCC[Si](OC)(OC)OCN(N)CC. The fourth-order valence-electron chi connectivity index (χ4n) is 1.06. The van der Waals surface area contributed by atoms with Gasteiger partial charge in [0.05, 0.1) is 0 Å². The average Bonchev–Trinajstić information content (AvgIpc) is 2.24. The molecule has 0 saturated heterocycles. The minimum Gasteiger partial charge on any atom is -0.377 e. The van der Waals surface area contributed by atoms with Crippen LogP contribution in [0.25, 0.3) is 0 Å². The van der Waals surface area contributed by atoms with E-state index in [1.54, 1.807) is 19.2 Å². The van der Waals surface area contributed by atoms with E-state index in [2.05, 4.69) is 6.92 Å². The zero-order valence-corrected chi connectivity index (χ0v) is 10.6. The lowest BCUT2D eigenvalue weighted by atomic mass is 10.6. The molecule has 0 saturated carbocycles. The van der Waals surface area contributed by atoms with E-state index in [0.29, 0.717) is 6.73 Å². The summed E-state index contributed by atoms with van der Waals surface area (Å²) >= 11 is 0. The normalized spacial score (nSPS) is 12.4. The molecule has 0 unspecified atom stereocenters. The third kappa shape index (κ3) is 4.49. The molecule has 2 N–H and O–H groups in total. The fraction of sp³-hybridized carbons (Fsp3) is 1.00. The molecule has 0 amide bonds. The summed E-state index contributed by atoms with van der Waals surface area (Å²) in [6, 6.07) is 0.817. The van der Waals surface area contributed by atoms with Crippen molar-refractivity contribution in [1.82, 2.24) is 5.01 Å². The summed E-state index contributed by atoms with van der Waals surface area (Å²) in [5, 5.41) is 1.58. The predicted octanol–water partition coefficient (Wildman–Crippen LogP) is 0.798. The van der Waals surface area contributed by atoms with Gasteiger partial charge in [-0.25, -0.2) is 5.01 Å². The van der Waals surface area contributed by atoms with Crippen molar-refractivity contribution in [1.29, 1.82) is 0 Å². The highest BCUT2D eigenvalue weighted by molar-refractivity contribution is 6.60. The molecule has 14 heavy (non-hydrogen) atoms. The minimum atomic E-state index is -2.44. The summed E-state index contributed by atoms with van der Waals surface area (Å²) in [5.41, 5.74) is 0. The summed E-state index contributed by atoms with van der Waals surface area (Å²) < 4.78 is 16.3. The highest BCUT2D eigenvalue weighted by Crippen LogP contribution is 2.15. The molecule has 0 atom stereocenters. The van der Waals surface area contributed by atoms with Gasteiger partial charge in [0, 0.05) is 26.8 Å². The van der Waals surface area contributed by atoms with E-state index >= 15 is 0 Å². The van der Waals surface area contributed by atoms with Gasteiger partial charge in [-0.05, 0) is 0 Å². The Hall–Kier alpha value is 0.0169. The van der Waals surface area contributed by atoms with E-state index in [0.717, 1.165) is 19.0 Å². The molecule has 0 spiro atoms. The lowest BCUT2D eigenvalue weighted by molar-refractivity contribution is 0.0388. The second-order valence-corrected chi connectivity index (χ2v) is 5.99. The molecule has 0 aromatic rings. The molecule has 0 aliphatic carbocycles. The number of nitrogens with two attached hydrogens (primary N) is 1. The first-order chi connectivity index (χ1) is 6.64. The molecule has 5 nitrogen and oxygen atoms in total. The second kappa shape index (κ2) is 7.33. The molecule has 0 radical (unpaired) electrons. The van der Waals surface area contributed by atoms with E-state index in [4.69, 9.17) is 19.1 Å². The van der Waals surface area contributed by atoms with Crippen LogP contribution in [0.3, 0.4) is 0 Å². The molecule has 0 heterocycles. The lowest BCUT2D eigenvalue weighted by Gasteiger charge is -2.27. The summed E-state index contributed by atoms with van der Waals surface area (Å²) in [4.78, 5) is 0. The molecule has 0 aromatic heterocycles. The van der Waals surface area contributed by atoms with Crippen LogP contribution in [0.15, 0.2) is 0 Å². The third-order valence-corrected chi connectivity index (χ3v) is 4.96. The van der Waals surface area contributed by atoms with E-state index in [1.807, 2.05) is 6.92 Å². The number of hydrogen-bond acceptors (Lipinski definition) is 5. The van der Waals surface area contributed by atoms with Crippen LogP contribution < -0.4 is 5.84 Å². The summed E-state index contributed by atoms with van der Waals surface area (Å²) in [6.45, 7) is 5.13. The Labute approximate surface area is 87.5 Å². The number of hydrazine groups is 1. The molecule has 0 fully saturated rings. The summed E-state index contributed by atoms with van der Waals surface area (Å²) in [6.07, 6.45) is 0.977. The summed E-state index contributed by atoms with van der Waals surface area (Å²) in [5.74, 6) is 5.61. The molecule has 0 aromatic carbocycles. The van der Waals surface area contributed by atoms with Crippen LogP contribution in [-0.2, 0) is 13.3 Å². The van der Waals surface area contributed by atoms with Gasteiger partial charge >= 0.3 is 8.80 Å². The van der Waals surface area contributed by atoms with Gasteiger partial charge in [0.25, 0.3) is 0 Å². The van der Waals surface area contributed by atoms with Crippen molar-refractivity contribution in [2.75, 3.05) is 27.5 Å². The first-order valence-electron chi connectivity index (χ1n) is 4.88. The van der Waals surface area contributed by atoms with Gasteiger partial charge in [-0.2, -0.15) is 0 Å². The molecular formula is C8H22N2O3Si. The second-order valence-electron chi connectivity index (χ2n) is 3.02. The topological polar surface area (TPSA) is 57.0 Å². The van der Waals surface area contributed by atoms with E-state index in [1.165, 1.54) is 0 Å². The van der Waals surface area contributed by atoms with Crippen LogP contribution in [0.2, 0.25) is 6.04 Å². The van der Waals surface area contributed by atoms with Gasteiger partial charge in [0.1, 0.15) is 6.73 Å². The van der Waals surface area contributed by atoms with Crippen LogP contribution >= 0.6 is 0 Å². The Kier molecular flexibility index (Phi) is 7.34. The smallest absolute Gasteiger partial charge is 0.377 e. The third-order valence-electron chi connectivity index (χ3n) is 2.03. The fourth-order valence-corrected chi connectivity index (χ4v) is 2.99. The predicted molar refractivity (Wildman–Crippen MR) is 57.4 cm³/mol. The zero-order chi connectivity index (χ0) is 11.0. The number of rotatable bonds is 8. The van der Waals surface area contributed by atoms with Crippen molar-refractivity contribution >= 4 is 8.80 Å². The maximum absolute atomic E-state index is 5.62. The molecule has 0 aliphatic rings. The first kappa shape index (κ1) is 14.0. The first-order valence-corrected chi connectivity index (χ1v) is 6.81. The van der Waals surface area contributed by atoms with Gasteiger partial charge in [-0.3, -0.25) is 5.84 Å². The standard InChI is InChI=1S/C8H22N2O3Si/c1-5-7-14(11-3,12-4)13-8-10(9)6-2/h5-9H2,1-4H3. The van der Waals surface area contributed by atoms with Crippen molar-refractivity contribution in [3.05, 3.63) is 0 Å². The molecular weight excluding hydrogens is 200 g/mol. The molecule has 0 rings (SSSR count). The van der Waals surface area contributed by atoms with Crippen LogP contribution in [0.1, 0.15) is 20.3 Å². The van der Waals surface area contributed by atoms with Gasteiger partial charge in [-0.15, -0.1) is 0 Å². The Morgan fingerprint density at radius 2 is 1.79 bits per heavy atom. The largest absolute Gasteiger partial charge is 0.501 e. The lowest BCUT2D eigenvalue weighted by Crippen LogP contribution is -2.47. The van der Waals surface area contributed by atoms with Gasteiger partial charge in [0.15, 0.2) is 0 Å². The van der Waals surface area contributed by atoms with Gasteiger partial charge < -0.3 is 13.3 Å². The molecule has 86 valence electrons. The van der Waals surface area contributed by atoms with E-state index in [-0.39, 0.29) is 0 Å². The Balaban J connectivity index is 4.06. The van der Waals surface area contributed by atoms with Crippen LogP contribution in [-0.4, -0.2) is 41.3 Å². The van der Waals surface area contributed by atoms with Crippen molar-refractivity contribution in [3.63, 3.8) is 0 Å². The van der Waals surface area contributed by atoms with Crippen molar-refractivity contribution in [3.8, 4) is 0 Å². The number of hydrogen-bond donors (Lipinski definition) is 1. The van der Waals surface area contributed by atoms with Gasteiger partial charge in [0.2, 0.25) is 0 Å². The quantitative estimate of drug-likeness (QED) is 0.285. The zero-order valence-electron chi connectivity index (χ0n) is 9.58. The Morgan fingerprint density at radius 1 is 1.21 bits per heavy atom. The highest BCUT2D eigenvalue weighted by atomic mass is 28.4. The molecule has 6 heteroatoms. The van der Waals surface area contributed by atoms with Gasteiger partial charge in [-0.1, -0.05) is 20.3 Å². The average molecular weight is 222 g/mol. The van der Waals surface area contributed by atoms with Crippen LogP contribution in [0.5, 0.6) is 0 Å². The maximum atomic E-state index is 5.62. The van der Waals surface area contributed by atoms with Crippen LogP contribution in [0.4, 0.5) is 0 Å². The van der Waals surface area contributed by atoms with Crippen molar-refractivity contribution in [2.45, 2.75) is 26.3 Å². The highest BCUT2D eigenvalue weighted by Gasteiger charge is 2.38. The number of nitrogens with zero attached hydrogens (tertiary/aromatic N) is 1. The molecule has 0 aliphatic heterocycles. The van der Waals surface area contributed by atoms with Crippen molar-refractivity contribution < 1.29 is 13.3 Å². The maximum Gasteiger partial charge on any atom is 0.501 e. The van der Waals surface area contributed by atoms with E-state index < -0.39 is 8.80 Å². The molecule has 0 bridgehead atoms. The summed E-state index contributed by atoms with van der Waals surface area (Å²) in [7, 11) is 0.802. The van der Waals surface area contributed by atoms with Crippen molar-refractivity contribution in [2.24, 2.45) is 5.84 Å². The Bertz CT molecular complexity index is 145. The monoisotopic (exact) mass is 222 g/mol. The van der Waals surface area contributed by atoms with Crippen LogP contribution in [0, 0.1) is 0 Å². The Morgan fingerprint density at radius 3 is 2.14 bits per heavy atom.